The van der Waals surface area contributed by atoms with Gasteiger partial charge in [0.05, 0.1) is 18.6 Å². The zero-order valence-corrected chi connectivity index (χ0v) is 11.9. The van der Waals surface area contributed by atoms with E-state index in [-0.39, 0.29) is 18.1 Å². The van der Waals surface area contributed by atoms with Crippen LogP contribution in [0.25, 0.3) is 0 Å². The van der Waals surface area contributed by atoms with E-state index >= 15 is 0 Å². The van der Waals surface area contributed by atoms with Gasteiger partial charge in [-0.25, -0.2) is 0 Å². The summed E-state index contributed by atoms with van der Waals surface area (Å²) in [5.41, 5.74) is 0.951. The van der Waals surface area contributed by atoms with E-state index < -0.39 is 0 Å². The van der Waals surface area contributed by atoms with Crippen LogP contribution in [0.2, 0.25) is 5.02 Å². The van der Waals surface area contributed by atoms with Crippen LogP contribution in [0.1, 0.15) is 31.2 Å². The molecule has 1 aromatic carbocycles. The number of carbonyl (C=O) groups is 1. The number of benzene rings is 1. The van der Waals surface area contributed by atoms with Crippen molar-refractivity contribution in [3.05, 3.63) is 34.9 Å². The van der Waals surface area contributed by atoms with Crippen LogP contribution in [0.5, 0.6) is 0 Å². The van der Waals surface area contributed by atoms with E-state index in [2.05, 4.69) is 0 Å². The molecule has 19 heavy (non-hydrogen) atoms. The highest BCUT2D eigenvalue weighted by Crippen LogP contribution is 2.23. The van der Waals surface area contributed by atoms with E-state index in [0.29, 0.717) is 11.4 Å². The van der Waals surface area contributed by atoms with Crippen molar-refractivity contribution < 1.29 is 9.90 Å². The molecule has 0 bridgehead atoms. The minimum atomic E-state index is -0.382. The van der Waals surface area contributed by atoms with Gasteiger partial charge < -0.3 is 10.0 Å². The molecular weight excluding hydrogens is 262 g/mol. The highest BCUT2D eigenvalue weighted by Gasteiger charge is 2.29. The van der Waals surface area contributed by atoms with E-state index in [1.807, 2.05) is 12.1 Å². The lowest BCUT2D eigenvalue weighted by Gasteiger charge is -2.35. The van der Waals surface area contributed by atoms with E-state index in [1.54, 1.807) is 24.1 Å². The molecular formula is C15H20ClNO2. The fourth-order valence-corrected chi connectivity index (χ4v) is 2.76. The van der Waals surface area contributed by atoms with Gasteiger partial charge in [0.25, 0.3) is 0 Å². The molecule has 2 unspecified atom stereocenters. The van der Waals surface area contributed by atoms with Gasteiger partial charge in [0.15, 0.2) is 0 Å². The molecule has 0 spiro atoms. The van der Waals surface area contributed by atoms with Gasteiger partial charge in [0, 0.05) is 12.1 Å². The highest BCUT2D eigenvalue weighted by molar-refractivity contribution is 6.30. The monoisotopic (exact) mass is 281 g/mol. The molecule has 0 heterocycles. The molecule has 4 heteroatoms. The summed E-state index contributed by atoms with van der Waals surface area (Å²) in [6, 6.07) is 7.28. The maximum absolute atomic E-state index is 12.2. The predicted octanol–water partition coefficient (Wildman–Crippen LogP) is 2.64. The van der Waals surface area contributed by atoms with Gasteiger partial charge >= 0.3 is 0 Å². The molecule has 1 N–H and O–H groups in total. The van der Waals surface area contributed by atoms with Crippen LogP contribution in [0, 0.1) is 0 Å². The van der Waals surface area contributed by atoms with Crippen LogP contribution in [0.4, 0.5) is 0 Å². The van der Waals surface area contributed by atoms with E-state index in [9.17, 15) is 9.90 Å². The van der Waals surface area contributed by atoms with Crippen molar-refractivity contribution in [3.8, 4) is 0 Å². The third-order valence-electron chi connectivity index (χ3n) is 3.85. The number of rotatable bonds is 3. The van der Waals surface area contributed by atoms with Crippen LogP contribution in [-0.4, -0.2) is 35.1 Å². The lowest BCUT2D eigenvalue weighted by Crippen LogP contribution is -2.46. The van der Waals surface area contributed by atoms with E-state index in [1.165, 1.54) is 0 Å². The van der Waals surface area contributed by atoms with Gasteiger partial charge in [0.2, 0.25) is 5.91 Å². The van der Waals surface area contributed by atoms with Crippen molar-refractivity contribution >= 4 is 17.5 Å². The number of aliphatic hydroxyl groups excluding tert-OH is 1. The Bertz CT molecular complexity index is 432. The van der Waals surface area contributed by atoms with Gasteiger partial charge in [-0.05, 0) is 30.5 Å². The number of likely N-dealkylation sites (N-methyl/N-ethyl adjacent to an activating group) is 1. The molecule has 2 atom stereocenters. The molecule has 1 aliphatic rings. The quantitative estimate of drug-likeness (QED) is 0.925. The minimum Gasteiger partial charge on any atom is -0.391 e. The Balaban J connectivity index is 1.96. The lowest BCUT2D eigenvalue weighted by atomic mass is 9.91. The summed E-state index contributed by atoms with van der Waals surface area (Å²) in [4.78, 5) is 13.9. The Hall–Kier alpha value is -1.06. The molecule has 1 saturated carbocycles. The number of halogens is 1. The number of hydrogen-bond donors (Lipinski definition) is 1. The average Bonchev–Trinajstić information content (AvgIpc) is 2.41. The first kappa shape index (κ1) is 14.4. The van der Waals surface area contributed by atoms with E-state index in [4.69, 9.17) is 11.6 Å². The molecule has 104 valence electrons. The van der Waals surface area contributed by atoms with Crippen molar-refractivity contribution in [2.24, 2.45) is 0 Å². The standard InChI is InChI=1S/C15H20ClNO2/c1-17(13-4-2-3-5-14(13)18)15(19)10-11-6-8-12(16)9-7-11/h6-9,13-14,18H,2-5,10H2,1H3. The second-order valence-corrected chi connectivity index (χ2v) is 5.66. The molecule has 3 nitrogen and oxygen atoms in total. The van der Waals surface area contributed by atoms with Crippen LogP contribution >= 0.6 is 11.6 Å². The fourth-order valence-electron chi connectivity index (χ4n) is 2.63. The Morgan fingerprint density at radius 1 is 1.32 bits per heavy atom. The van der Waals surface area contributed by atoms with Gasteiger partial charge in [-0.3, -0.25) is 4.79 Å². The van der Waals surface area contributed by atoms with Gasteiger partial charge in [-0.15, -0.1) is 0 Å². The first-order valence-corrected chi connectivity index (χ1v) is 7.14. The molecule has 1 amide bonds. The Kier molecular flexibility index (Phi) is 4.83. The Labute approximate surface area is 119 Å². The molecule has 1 fully saturated rings. The maximum Gasteiger partial charge on any atom is 0.227 e. The number of nitrogens with zero attached hydrogens (tertiary/aromatic N) is 1. The Morgan fingerprint density at radius 3 is 2.58 bits per heavy atom. The third-order valence-corrected chi connectivity index (χ3v) is 4.11. The molecule has 0 aromatic heterocycles. The summed E-state index contributed by atoms with van der Waals surface area (Å²) in [6.45, 7) is 0. The molecule has 0 radical (unpaired) electrons. The van der Waals surface area contributed by atoms with Gasteiger partial charge in [-0.1, -0.05) is 36.6 Å². The maximum atomic E-state index is 12.2. The Morgan fingerprint density at radius 2 is 1.95 bits per heavy atom. The second kappa shape index (κ2) is 6.40. The van der Waals surface area contributed by atoms with Crippen LogP contribution < -0.4 is 0 Å². The first-order chi connectivity index (χ1) is 9.08. The molecule has 1 aliphatic carbocycles. The topological polar surface area (TPSA) is 40.5 Å². The summed E-state index contributed by atoms with van der Waals surface area (Å²) in [5, 5.41) is 10.7. The third kappa shape index (κ3) is 3.71. The summed E-state index contributed by atoms with van der Waals surface area (Å²) in [7, 11) is 1.79. The summed E-state index contributed by atoms with van der Waals surface area (Å²) in [6.07, 6.45) is 3.80. The summed E-state index contributed by atoms with van der Waals surface area (Å²) < 4.78 is 0. The number of aliphatic hydroxyl groups is 1. The number of carbonyl (C=O) groups excluding carboxylic acids is 1. The first-order valence-electron chi connectivity index (χ1n) is 6.76. The van der Waals surface area contributed by atoms with Crippen molar-refractivity contribution in [3.63, 3.8) is 0 Å². The number of amides is 1. The zero-order chi connectivity index (χ0) is 13.8. The molecule has 2 rings (SSSR count). The zero-order valence-electron chi connectivity index (χ0n) is 11.2. The van der Waals surface area contributed by atoms with Gasteiger partial charge in [-0.2, -0.15) is 0 Å². The predicted molar refractivity (Wildman–Crippen MR) is 76.2 cm³/mol. The fraction of sp³-hybridized carbons (Fsp3) is 0.533. The SMILES string of the molecule is CN(C(=O)Cc1ccc(Cl)cc1)C1CCCCC1O. The normalized spacial score (nSPS) is 23.1. The van der Waals surface area contributed by atoms with Crippen molar-refractivity contribution in [2.75, 3.05) is 7.05 Å². The average molecular weight is 282 g/mol. The lowest BCUT2D eigenvalue weighted by molar-refractivity contribution is -0.134. The van der Waals surface area contributed by atoms with Crippen molar-refractivity contribution in [1.29, 1.82) is 0 Å². The summed E-state index contributed by atoms with van der Waals surface area (Å²) in [5.74, 6) is 0.0493. The smallest absolute Gasteiger partial charge is 0.227 e. The summed E-state index contributed by atoms with van der Waals surface area (Å²) >= 11 is 5.82. The second-order valence-electron chi connectivity index (χ2n) is 5.23. The van der Waals surface area contributed by atoms with Crippen LogP contribution in [0.3, 0.4) is 0 Å². The highest BCUT2D eigenvalue weighted by atomic mass is 35.5. The molecule has 0 aliphatic heterocycles. The van der Waals surface area contributed by atoms with Gasteiger partial charge in [0.1, 0.15) is 0 Å². The molecule has 1 aromatic rings. The van der Waals surface area contributed by atoms with Crippen LogP contribution in [0.15, 0.2) is 24.3 Å². The van der Waals surface area contributed by atoms with Crippen molar-refractivity contribution in [1.82, 2.24) is 4.90 Å². The molecule has 0 saturated heterocycles. The van der Waals surface area contributed by atoms with E-state index in [0.717, 1.165) is 31.2 Å². The largest absolute Gasteiger partial charge is 0.391 e. The van der Waals surface area contributed by atoms with Crippen LogP contribution in [-0.2, 0) is 11.2 Å². The van der Waals surface area contributed by atoms with Crippen molar-refractivity contribution in [2.45, 2.75) is 44.2 Å². The number of hydrogen-bond acceptors (Lipinski definition) is 2. The minimum absolute atomic E-state index is 0.0337.